The molecule has 0 spiro atoms. The first kappa shape index (κ1) is 10.4. The van der Waals surface area contributed by atoms with Crippen LogP contribution >= 0.6 is 0 Å². The van der Waals surface area contributed by atoms with E-state index in [0.29, 0.717) is 6.04 Å². The summed E-state index contributed by atoms with van der Waals surface area (Å²) in [5.41, 5.74) is 0. The highest BCUT2D eigenvalue weighted by molar-refractivity contribution is 4.84. The molecule has 0 aromatic heterocycles. The summed E-state index contributed by atoms with van der Waals surface area (Å²) in [5.74, 6) is 0.770. The number of hydrogen-bond donors (Lipinski definition) is 2. The van der Waals surface area contributed by atoms with E-state index in [1.165, 1.54) is 32.4 Å². The van der Waals surface area contributed by atoms with Crippen LogP contribution in [-0.4, -0.2) is 38.4 Å². The maximum atomic E-state index is 5.36. The lowest BCUT2D eigenvalue weighted by Gasteiger charge is -2.35. The fourth-order valence-electron chi connectivity index (χ4n) is 2.43. The van der Waals surface area contributed by atoms with Crippen LogP contribution in [0.2, 0.25) is 0 Å². The second-order valence-electron chi connectivity index (χ2n) is 4.63. The molecule has 2 heterocycles. The number of rotatable bonds is 2. The highest BCUT2D eigenvalue weighted by atomic mass is 16.5. The molecule has 2 fully saturated rings. The molecule has 2 N–H and O–H groups in total. The van der Waals surface area contributed by atoms with E-state index in [9.17, 15) is 0 Å². The summed E-state index contributed by atoms with van der Waals surface area (Å²) in [4.78, 5) is 0. The minimum absolute atomic E-state index is 0.703. The van der Waals surface area contributed by atoms with Crippen molar-refractivity contribution >= 4 is 0 Å². The van der Waals surface area contributed by atoms with Gasteiger partial charge in [-0.25, -0.2) is 0 Å². The number of ether oxygens (including phenoxy) is 1. The van der Waals surface area contributed by atoms with Crippen molar-refractivity contribution in [2.75, 3.05) is 26.3 Å². The van der Waals surface area contributed by atoms with Gasteiger partial charge in [0, 0.05) is 25.3 Å². The van der Waals surface area contributed by atoms with Crippen molar-refractivity contribution in [2.24, 2.45) is 5.92 Å². The normalized spacial score (nSPS) is 35.8. The maximum absolute atomic E-state index is 5.36. The fourth-order valence-corrected chi connectivity index (χ4v) is 2.43. The molecule has 0 amide bonds. The maximum Gasteiger partial charge on any atom is 0.0480 e. The first-order valence-electron chi connectivity index (χ1n) is 5.91. The van der Waals surface area contributed by atoms with Gasteiger partial charge >= 0.3 is 0 Å². The molecule has 2 rings (SSSR count). The van der Waals surface area contributed by atoms with Crippen LogP contribution < -0.4 is 10.6 Å². The lowest BCUT2D eigenvalue weighted by molar-refractivity contribution is 0.0708. The van der Waals surface area contributed by atoms with Crippen molar-refractivity contribution in [1.29, 1.82) is 0 Å². The molecule has 82 valence electrons. The minimum Gasteiger partial charge on any atom is -0.381 e. The predicted octanol–water partition coefficient (Wildman–Crippen LogP) is 0.753. The van der Waals surface area contributed by atoms with E-state index < -0.39 is 0 Å². The fraction of sp³-hybridized carbons (Fsp3) is 1.00. The Hall–Kier alpha value is -0.120. The summed E-state index contributed by atoms with van der Waals surface area (Å²) in [7, 11) is 0. The van der Waals surface area contributed by atoms with Crippen molar-refractivity contribution in [1.82, 2.24) is 10.6 Å². The molecule has 0 radical (unpaired) electrons. The van der Waals surface area contributed by atoms with E-state index in [4.69, 9.17) is 4.74 Å². The third kappa shape index (κ3) is 2.69. The van der Waals surface area contributed by atoms with E-state index >= 15 is 0 Å². The van der Waals surface area contributed by atoms with E-state index in [-0.39, 0.29) is 0 Å². The Balaban J connectivity index is 1.76. The first-order valence-corrected chi connectivity index (χ1v) is 5.91. The van der Waals surface area contributed by atoms with Gasteiger partial charge in [0.05, 0.1) is 0 Å². The van der Waals surface area contributed by atoms with Crippen LogP contribution in [0.4, 0.5) is 0 Å². The zero-order valence-electron chi connectivity index (χ0n) is 9.09. The smallest absolute Gasteiger partial charge is 0.0480 e. The Morgan fingerprint density at radius 3 is 2.71 bits per heavy atom. The standard InChI is InChI=1S/C11H22N2O/c1-9-8-12-5-2-11(9)13-10-3-6-14-7-4-10/h9-13H,2-8H2,1H3/t9-,11+/m0/s1. The molecule has 0 aromatic carbocycles. The van der Waals surface area contributed by atoms with Gasteiger partial charge in [-0.3, -0.25) is 0 Å². The molecule has 0 aromatic rings. The number of nitrogens with one attached hydrogen (secondary N) is 2. The molecule has 2 saturated heterocycles. The van der Waals surface area contributed by atoms with Crippen LogP contribution in [0.5, 0.6) is 0 Å². The molecule has 14 heavy (non-hydrogen) atoms. The highest BCUT2D eigenvalue weighted by Gasteiger charge is 2.24. The zero-order chi connectivity index (χ0) is 9.80. The average molecular weight is 198 g/mol. The van der Waals surface area contributed by atoms with Crippen LogP contribution in [0.1, 0.15) is 26.2 Å². The van der Waals surface area contributed by atoms with Gasteiger partial charge in [0.15, 0.2) is 0 Å². The molecule has 0 bridgehead atoms. The van der Waals surface area contributed by atoms with Gasteiger partial charge in [-0.1, -0.05) is 6.92 Å². The largest absolute Gasteiger partial charge is 0.381 e. The molecular weight excluding hydrogens is 176 g/mol. The SMILES string of the molecule is C[C@H]1CNCC[C@H]1NC1CCOCC1. The van der Waals surface area contributed by atoms with E-state index in [1.54, 1.807) is 0 Å². The van der Waals surface area contributed by atoms with Gasteiger partial charge in [-0.15, -0.1) is 0 Å². The third-order valence-corrected chi connectivity index (χ3v) is 3.46. The topological polar surface area (TPSA) is 33.3 Å². The van der Waals surface area contributed by atoms with E-state index in [2.05, 4.69) is 17.6 Å². The summed E-state index contributed by atoms with van der Waals surface area (Å²) >= 11 is 0. The van der Waals surface area contributed by atoms with Crippen LogP contribution in [0.15, 0.2) is 0 Å². The van der Waals surface area contributed by atoms with Crippen molar-refractivity contribution in [3.8, 4) is 0 Å². The minimum atomic E-state index is 0.703. The lowest BCUT2D eigenvalue weighted by Crippen LogP contribution is -2.50. The van der Waals surface area contributed by atoms with Crippen molar-refractivity contribution in [3.05, 3.63) is 0 Å². The Morgan fingerprint density at radius 2 is 2.00 bits per heavy atom. The highest BCUT2D eigenvalue weighted by Crippen LogP contribution is 2.14. The molecule has 0 aliphatic carbocycles. The van der Waals surface area contributed by atoms with Crippen LogP contribution in [0.25, 0.3) is 0 Å². The predicted molar refractivity (Wildman–Crippen MR) is 57.4 cm³/mol. The van der Waals surface area contributed by atoms with Crippen molar-refractivity contribution in [3.63, 3.8) is 0 Å². The summed E-state index contributed by atoms with van der Waals surface area (Å²) in [6.45, 7) is 6.56. The van der Waals surface area contributed by atoms with E-state index in [0.717, 1.165) is 25.2 Å². The molecule has 2 atom stereocenters. The summed E-state index contributed by atoms with van der Waals surface area (Å²) in [6.07, 6.45) is 3.66. The summed E-state index contributed by atoms with van der Waals surface area (Å²) in [5, 5.41) is 7.22. The van der Waals surface area contributed by atoms with E-state index in [1.807, 2.05) is 0 Å². The molecule has 0 saturated carbocycles. The third-order valence-electron chi connectivity index (χ3n) is 3.46. The first-order chi connectivity index (χ1) is 6.86. The number of hydrogen-bond acceptors (Lipinski definition) is 3. The molecule has 2 aliphatic rings. The Bertz CT molecular complexity index is 169. The Kier molecular flexibility index (Phi) is 3.79. The monoisotopic (exact) mass is 198 g/mol. The molecule has 0 unspecified atom stereocenters. The Labute approximate surface area is 86.6 Å². The molecule has 2 aliphatic heterocycles. The Morgan fingerprint density at radius 1 is 1.21 bits per heavy atom. The van der Waals surface area contributed by atoms with Gasteiger partial charge in [-0.2, -0.15) is 0 Å². The summed E-state index contributed by atoms with van der Waals surface area (Å²) in [6, 6.07) is 1.42. The quantitative estimate of drug-likeness (QED) is 0.687. The van der Waals surface area contributed by atoms with Gasteiger partial charge < -0.3 is 15.4 Å². The van der Waals surface area contributed by atoms with Crippen LogP contribution in [-0.2, 0) is 4.74 Å². The van der Waals surface area contributed by atoms with Crippen LogP contribution in [0, 0.1) is 5.92 Å². The van der Waals surface area contributed by atoms with Crippen LogP contribution in [0.3, 0.4) is 0 Å². The molecule has 3 nitrogen and oxygen atoms in total. The van der Waals surface area contributed by atoms with Gasteiger partial charge in [0.1, 0.15) is 0 Å². The zero-order valence-corrected chi connectivity index (χ0v) is 9.09. The second kappa shape index (κ2) is 5.10. The summed E-state index contributed by atoms with van der Waals surface area (Å²) < 4.78 is 5.36. The van der Waals surface area contributed by atoms with Crippen molar-refractivity contribution < 1.29 is 4.74 Å². The van der Waals surface area contributed by atoms with Gasteiger partial charge in [0.25, 0.3) is 0 Å². The average Bonchev–Trinajstić information content (AvgIpc) is 2.23. The number of piperidine rings is 1. The van der Waals surface area contributed by atoms with Gasteiger partial charge in [-0.05, 0) is 38.3 Å². The second-order valence-corrected chi connectivity index (χ2v) is 4.63. The van der Waals surface area contributed by atoms with Gasteiger partial charge in [0.2, 0.25) is 0 Å². The van der Waals surface area contributed by atoms with Crippen molar-refractivity contribution in [2.45, 2.75) is 38.3 Å². The molecule has 3 heteroatoms. The lowest BCUT2D eigenvalue weighted by atomic mass is 9.93. The molecular formula is C11H22N2O.